The van der Waals surface area contributed by atoms with Crippen LogP contribution in [0.3, 0.4) is 0 Å². The Hall–Kier alpha value is -3.74. The van der Waals surface area contributed by atoms with Crippen LogP contribution in [-0.2, 0) is 11.2 Å². The second-order valence-corrected chi connectivity index (χ2v) is 6.61. The lowest BCUT2D eigenvalue weighted by Crippen LogP contribution is -2.11. The number of rotatable bonds is 3. The van der Waals surface area contributed by atoms with Crippen LogP contribution in [0, 0.1) is 12.9 Å². The van der Waals surface area contributed by atoms with Crippen LogP contribution in [0.2, 0.25) is 0 Å². The summed E-state index contributed by atoms with van der Waals surface area (Å²) in [7, 11) is 0. The molecule has 0 saturated heterocycles. The van der Waals surface area contributed by atoms with E-state index in [1.807, 2.05) is 6.92 Å². The van der Waals surface area contributed by atoms with Crippen molar-refractivity contribution in [2.75, 3.05) is 10.6 Å². The number of carboxylic acid groups (broad SMARTS) is 1. The Bertz CT molecular complexity index is 1130. The van der Waals surface area contributed by atoms with Crippen molar-refractivity contribution in [2.24, 2.45) is 0 Å². The molecule has 0 fully saturated rings. The van der Waals surface area contributed by atoms with E-state index in [0.717, 1.165) is 11.1 Å². The highest BCUT2D eigenvalue weighted by Crippen LogP contribution is 2.35. The molecule has 7 heteroatoms. The maximum Gasteiger partial charge on any atom is 0.307 e. The molecule has 0 unspecified atom stereocenters. The average molecular weight is 377 g/mol. The molecule has 6 nitrogen and oxygen atoms in total. The third kappa shape index (κ3) is 3.29. The summed E-state index contributed by atoms with van der Waals surface area (Å²) in [5.41, 5.74) is 5.02. The predicted molar refractivity (Wildman–Crippen MR) is 103 cm³/mol. The highest BCUT2D eigenvalue weighted by atomic mass is 19.1. The molecule has 0 bridgehead atoms. The zero-order valence-corrected chi connectivity index (χ0v) is 14.9. The minimum absolute atomic E-state index is 0.132. The summed E-state index contributed by atoms with van der Waals surface area (Å²) < 4.78 is 13.6. The van der Waals surface area contributed by atoms with Crippen molar-refractivity contribution in [2.45, 2.75) is 13.3 Å². The van der Waals surface area contributed by atoms with E-state index in [0.29, 0.717) is 33.8 Å². The first-order chi connectivity index (χ1) is 13.4. The van der Waals surface area contributed by atoms with Crippen LogP contribution in [0.1, 0.15) is 21.5 Å². The number of nitrogens with zero attached hydrogens (tertiary/aromatic N) is 1. The Morgan fingerprint density at radius 2 is 1.86 bits per heavy atom. The Morgan fingerprint density at radius 3 is 2.64 bits per heavy atom. The fourth-order valence-electron chi connectivity index (χ4n) is 3.25. The maximum atomic E-state index is 13.6. The van der Waals surface area contributed by atoms with Gasteiger partial charge in [-0.15, -0.1) is 0 Å². The molecular formula is C21H16FN3O3. The van der Waals surface area contributed by atoms with E-state index in [-0.39, 0.29) is 12.3 Å². The highest BCUT2D eigenvalue weighted by molar-refractivity contribution is 6.12. The zero-order chi connectivity index (χ0) is 19.8. The van der Waals surface area contributed by atoms with Gasteiger partial charge in [0.2, 0.25) is 5.95 Å². The quantitative estimate of drug-likeness (QED) is 0.597. The molecule has 1 aliphatic rings. The SMILES string of the molecule is Cc1cnc(F)cc1-c1ccc2c(c1)Nc1ccc(CC(=O)O)cc1NC2=O. The predicted octanol–water partition coefficient (Wildman–Crippen LogP) is 4.13. The van der Waals surface area contributed by atoms with E-state index in [2.05, 4.69) is 15.6 Å². The molecule has 3 N–H and O–H groups in total. The van der Waals surface area contributed by atoms with Crippen LogP contribution in [0.25, 0.3) is 11.1 Å². The summed E-state index contributed by atoms with van der Waals surface area (Å²) in [6.45, 7) is 1.84. The standard InChI is InChI=1S/C21H16FN3O3/c1-11-10-23-19(22)9-15(11)13-3-4-14-17(8-13)24-16-5-2-12(7-20(26)27)6-18(16)25-21(14)28/h2-6,8-10,24H,7H2,1H3,(H,25,28)(H,26,27). The van der Waals surface area contributed by atoms with Crippen molar-refractivity contribution in [3.8, 4) is 11.1 Å². The number of aromatic nitrogens is 1. The first kappa shape index (κ1) is 17.7. The summed E-state index contributed by atoms with van der Waals surface area (Å²) in [4.78, 5) is 27.2. The number of hydrogen-bond acceptors (Lipinski definition) is 4. The fraction of sp³-hybridized carbons (Fsp3) is 0.0952. The second kappa shape index (κ2) is 6.77. The van der Waals surface area contributed by atoms with Crippen molar-refractivity contribution in [3.05, 3.63) is 71.3 Å². The van der Waals surface area contributed by atoms with Gasteiger partial charge in [-0.2, -0.15) is 4.39 Å². The topological polar surface area (TPSA) is 91.3 Å². The zero-order valence-electron chi connectivity index (χ0n) is 14.9. The number of halogens is 1. The van der Waals surface area contributed by atoms with Crippen LogP contribution >= 0.6 is 0 Å². The van der Waals surface area contributed by atoms with Crippen molar-refractivity contribution in [3.63, 3.8) is 0 Å². The number of carbonyl (C=O) groups is 2. The number of amides is 1. The molecule has 28 heavy (non-hydrogen) atoms. The summed E-state index contributed by atoms with van der Waals surface area (Å²) in [6.07, 6.45) is 1.34. The van der Waals surface area contributed by atoms with Crippen LogP contribution in [0.5, 0.6) is 0 Å². The minimum Gasteiger partial charge on any atom is -0.481 e. The number of benzene rings is 2. The van der Waals surface area contributed by atoms with Gasteiger partial charge in [0, 0.05) is 12.3 Å². The number of fused-ring (bicyclic) bond motifs is 2. The minimum atomic E-state index is -0.944. The maximum absolute atomic E-state index is 13.6. The fourth-order valence-corrected chi connectivity index (χ4v) is 3.25. The van der Waals surface area contributed by atoms with E-state index in [9.17, 15) is 14.0 Å². The van der Waals surface area contributed by atoms with E-state index >= 15 is 0 Å². The molecule has 3 aromatic rings. The van der Waals surface area contributed by atoms with E-state index < -0.39 is 11.9 Å². The Labute approximate surface area is 160 Å². The van der Waals surface area contributed by atoms with Gasteiger partial charge in [0.05, 0.1) is 29.0 Å². The number of carboxylic acids is 1. The number of aliphatic carboxylic acids is 1. The molecule has 1 aliphatic heterocycles. The van der Waals surface area contributed by atoms with Crippen LogP contribution in [0.4, 0.5) is 21.5 Å². The molecule has 0 saturated carbocycles. The van der Waals surface area contributed by atoms with E-state index in [4.69, 9.17) is 5.11 Å². The molecule has 1 amide bonds. The Kier molecular flexibility index (Phi) is 4.27. The molecule has 0 spiro atoms. The smallest absolute Gasteiger partial charge is 0.307 e. The molecule has 0 atom stereocenters. The Balaban J connectivity index is 1.76. The first-order valence-electron chi connectivity index (χ1n) is 8.60. The van der Waals surface area contributed by atoms with Gasteiger partial charge < -0.3 is 15.7 Å². The largest absolute Gasteiger partial charge is 0.481 e. The summed E-state index contributed by atoms with van der Waals surface area (Å²) >= 11 is 0. The van der Waals surface area contributed by atoms with Gasteiger partial charge in [0.25, 0.3) is 5.91 Å². The van der Waals surface area contributed by atoms with Gasteiger partial charge in [-0.3, -0.25) is 9.59 Å². The Morgan fingerprint density at radius 1 is 1.04 bits per heavy atom. The van der Waals surface area contributed by atoms with E-state index in [1.165, 1.54) is 12.3 Å². The first-order valence-corrected chi connectivity index (χ1v) is 8.60. The molecule has 2 heterocycles. The van der Waals surface area contributed by atoms with Gasteiger partial charge >= 0.3 is 5.97 Å². The lowest BCUT2D eigenvalue weighted by molar-refractivity contribution is -0.136. The van der Waals surface area contributed by atoms with Gasteiger partial charge in [-0.1, -0.05) is 12.1 Å². The third-order valence-corrected chi connectivity index (χ3v) is 4.60. The highest BCUT2D eigenvalue weighted by Gasteiger charge is 2.20. The number of pyridine rings is 1. The van der Waals surface area contributed by atoms with Gasteiger partial charge in [0.15, 0.2) is 0 Å². The van der Waals surface area contributed by atoms with Crippen LogP contribution < -0.4 is 10.6 Å². The summed E-state index contributed by atoms with van der Waals surface area (Å²) in [5, 5.41) is 15.0. The van der Waals surface area contributed by atoms with Gasteiger partial charge in [-0.25, -0.2) is 4.98 Å². The van der Waals surface area contributed by atoms with E-state index in [1.54, 1.807) is 36.4 Å². The number of nitrogens with one attached hydrogen (secondary N) is 2. The van der Waals surface area contributed by atoms with Crippen molar-refractivity contribution in [1.82, 2.24) is 4.98 Å². The molecule has 0 aliphatic carbocycles. The van der Waals surface area contributed by atoms with Gasteiger partial charge in [0.1, 0.15) is 0 Å². The molecule has 0 radical (unpaired) electrons. The van der Waals surface area contributed by atoms with Gasteiger partial charge in [-0.05, 0) is 53.4 Å². The monoisotopic (exact) mass is 377 g/mol. The lowest BCUT2D eigenvalue weighted by atomic mass is 9.99. The number of anilines is 3. The molecule has 2 aromatic carbocycles. The normalized spacial score (nSPS) is 12.3. The third-order valence-electron chi connectivity index (χ3n) is 4.60. The van der Waals surface area contributed by atoms with Crippen molar-refractivity contribution >= 4 is 28.9 Å². The number of carbonyl (C=O) groups excluding carboxylic acids is 1. The summed E-state index contributed by atoms with van der Waals surface area (Å²) in [6, 6.07) is 11.7. The molecular weight excluding hydrogens is 361 g/mol. The lowest BCUT2D eigenvalue weighted by Gasteiger charge is -2.12. The average Bonchev–Trinajstić information content (AvgIpc) is 2.78. The molecule has 1 aromatic heterocycles. The van der Waals surface area contributed by atoms with Crippen molar-refractivity contribution < 1.29 is 19.1 Å². The molecule has 140 valence electrons. The summed E-state index contributed by atoms with van der Waals surface area (Å²) in [5.74, 6) is -1.82. The second-order valence-electron chi connectivity index (χ2n) is 6.61. The molecule has 4 rings (SSSR count). The van der Waals surface area contributed by atoms with Crippen molar-refractivity contribution in [1.29, 1.82) is 0 Å². The number of hydrogen-bond donors (Lipinski definition) is 3. The number of aryl methyl sites for hydroxylation is 1. The van der Waals surface area contributed by atoms with Crippen LogP contribution in [0.15, 0.2) is 48.7 Å². The van der Waals surface area contributed by atoms with Crippen LogP contribution in [-0.4, -0.2) is 22.0 Å².